The van der Waals surface area contributed by atoms with Crippen molar-refractivity contribution in [2.24, 2.45) is 5.73 Å². The van der Waals surface area contributed by atoms with Crippen LogP contribution in [-0.4, -0.2) is 69.7 Å². The van der Waals surface area contributed by atoms with Crippen molar-refractivity contribution < 1.29 is 39.3 Å². The lowest BCUT2D eigenvalue weighted by molar-refractivity contribution is -0.140. The summed E-state index contributed by atoms with van der Waals surface area (Å²) >= 11 is 0. The molecule has 0 bridgehead atoms. The van der Waals surface area contributed by atoms with E-state index in [-0.39, 0.29) is 18.6 Å². The van der Waals surface area contributed by atoms with Gasteiger partial charge in [-0.05, 0) is 37.5 Å². The van der Waals surface area contributed by atoms with Crippen molar-refractivity contribution in [3.63, 3.8) is 0 Å². The van der Waals surface area contributed by atoms with Gasteiger partial charge in [-0.25, -0.2) is 0 Å². The van der Waals surface area contributed by atoms with Gasteiger partial charge in [-0.2, -0.15) is 0 Å². The van der Waals surface area contributed by atoms with Crippen molar-refractivity contribution in [1.82, 2.24) is 16.0 Å². The Hall–Kier alpha value is -3.67. The number of carboxylic acids is 2. The summed E-state index contributed by atoms with van der Waals surface area (Å²) in [6, 6.07) is 2.71. The maximum absolute atomic E-state index is 12.4. The summed E-state index contributed by atoms with van der Waals surface area (Å²) in [5, 5.41) is 33.5. The number of hydrogen-bond donors (Lipinski definition) is 7. The zero-order chi connectivity index (χ0) is 23.6. The summed E-state index contributed by atoms with van der Waals surface area (Å²) in [4.78, 5) is 58.0. The summed E-state index contributed by atoms with van der Waals surface area (Å²) in [5.41, 5.74) is 6.54. The number of carbonyl (C=O) groups is 5. The third-order valence-electron chi connectivity index (χ3n) is 4.17. The fourth-order valence-electron chi connectivity index (χ4n) is 2.48. The van der Waals surface area contributed by atoms with Crippen LogP contribution in [0.2, 0.25) is 0 Å². The van der Waals surface area contributed by atoms with Crippen molar-refractivity contribution in [3.05, 3.63) is 29.8 Å². The number of carboxylic acid groups (broad SMARTS) is 2. The van der Waals surface area contributed by atoms with Crippen molar-refractivity contribution in [1.29, 1.82) is 0 Å². The van der Waals surface area contributed by atoms with Gasteiger partial charge in [0.05, 0.1) is 6.04 Å². The first-order valence-electron chi connectivity index (χ1n) is 9.35. The van der Waals surface area contributed by atoms with Gasteiger partial charge in [-0.3, -0.25) is 24.0 Å². The average molecular weight is 438 g/mol. The maximum atomic E-state index is 12.4. The van der Waals surface area contributed by atoms with E-state index >= 15 is 0 Å². The van der Waals surface area contributed by atoms with Crippen molar-refractivity contribution in [3.8, 4) is 5.75 Å². The summed E-state index contributed by atoms with van der Waals surface area (Å²) in [5.74, 6) is -4.71. The molecule has 170 valence electrons. The Bertz CT molecular complexity index is 812. The Morgan fingerprint density at radius 3 is 2.10 bits per heavy atom. The minimum Gasteiger partial charge on any atom is -0.508 e. The van der Waals surface area contributed by atoms with Crippen LogP contribution in [0.15, 0.2) is 24.3 Å². The van der Waals surface area contributed by atoms with Crippen LogP contribution >= 0.6 is 0 Å². The second kappa shape index (κ2) is 12.1. The molecule has 0 saturated heterocycles. The molecule has 1 aromatic rings. The molecule has 3 unspecified atom stereocenters. The van der Waals surface area contributed by atoms with Gasteiger partial charge in [0.2, 0.25) is 17.7 Å². The average Bonchev–Trinajstić information content (AvgIpc) is 2.70. The fraction of sp³-hybridized carbons (Fsp3) is 0.421. The number of hydrogen-bond acceptors (Lipinski definition) is 7. The van der Waals surface area contributed by atoms with Gasteiger partial charge in [0, 0.05) is 6.42 Å². The van der Waals surface area contributed by atoms with Crippen LogP contribution in [0.4, 0.5) is 0 Å². The zero-order valence-corrected chi connectivity index (χ0v) is 16.8. The molecule has 0 heterocycles. The third-order valence-corrected chi connectivity index (χ3v) is 4.17. The molecule has 0 aliphatic rings. The number of nitrogens with one attached hydrogen (secondary N) is 3. The lowest BCUT2D eigenvalue weighted by Gasteiger charge is -2.21. The van der Waals surface area contributed by atoms with Crippen molar-refractivity contribution in [2.45, 2.75) is 44.3 Å². The summed E-state index contributed by atoms with van der Waals surface area (Å²) in [6.45, 7) is 0.653. The Kier molecular flexibility index (Phi) is 9.92. The Balaban J connectivity index is 2.66. The first-order chi connectivity index (χ1) is 14.5. The standard InChI is InChI=1S/C19H26N4O8/c1-10(22-18(30)13(20)8-11-2-4-12(24)5-3-11)17(29)23-14(6-7-15(25)26)19(31)21-9-16(27)28/h2-5,10,13-14,24H,6-9,20H2,1H3,(H,21,31)(H,22,30)(H,23,29)(H,25,26)(H,27,28). The van der Waals surface area contributed by atoms with Crippen LogP contribution in [0.3, 0.4) is 0 Å². The molecular formula is C19H26N4O8. The molecule has 1 rings (SSSR count). The van der Waals surface area contributed by atoms with Crippen molar-refractivity contribution >= 4 is 29.7 Å². The number of benzene rings is 1. The number of amides is 3. The van der Waals surface area contributed by atoms with Crippen LogP contribution in [0.25, 0.3) is 0 Å². The Morgan fingerprint density at radius 1 is 0.935 bits per heavy atom. The molecule has 0 fully saturated rings. The molecule has 12 heteroatoms. The van der Waals surface area contributed by atoms with Crippen molar-refractivity contribution in [2.75, 3.05) is 6.54 Å². The molecular weight excluding hydrogens is 412 g/mol. The number of nitrogens with two attached hydrogens (primary N) is 1. The molecule has 8 N–H and O–H groups in total. The van der Waals surface area contributed by atoms with Gasteiger partial charge in [0.25, 0.3) is 0 Å². The zero-order valence-electron chi connectivity index (χ0n) is 16.8. The molecule has 0 aromatic heterocycles. The summed E-state index contributed by atoms with van der Waals surface area (Å²) in [6.07, 6.45) is -0.559. The quantitative estimate of drug-likeness (QED) is 0.198. The molecule has 31 heavy (non-hydrogen) atoms. The highest BCUT2D eigenvalue weighted by Gasteiger charge is 2.26. The monoisotopic (exact) mass is 438 g/mol. The SMILES string of the molecule is CC(NC(=O)C(N)Cc1ccc(O)cc1)C(=O)NC(CCC(=O)O)C(=O)NCC(=O)O. The maximum Gasteiger partial charge on any atom is 0.322 e. The molecule has 0 aliphatic carbocycles. The number of aliphatic carboxylic acids is 2. The summed E-state index contributed by atoms with van der Waals surface area (Å²) in [7, 11) is 0. The highest BCUT2D eigenvalue weighted by Crippen LogP contribution is 2.11. The molecule has 0 aliphatic heterocycles. The predicted octanol–water partition coefficient (Wildman–Crippen LogP) is -1.68. The minimum atomic E-state index is -1.31. The summed E-state index contributed by atoms with van der Waals surface area (Å²) < 4.78 is 0. The van der Waals surface area contributed by atoms with E-state index in [1.165, 1.54) is 19.1 Å². The van der Waals surface area contributed by atoms with Gasteiger partial charge in [-0.15, -0.1) is 0 Å². The van der Waals surface area contributed by atoms with Gasteiger partial charge in [0.1, 0.15) is 24.4 Å². The normalized spacial score (nSPS) is 13.4. The Morgan fingerprint density at radius 2 is 1.55 bits per heavy atom. The van der Waals surface area contributed by atoms with Crippen LogP contribution < -0.4 is 21.7 Å². The van der Waals surface area contributed by atoms with E-state index in [4.69, 9.17) is 15.9 Å². The van der Waals surface area contributed by atoms with Crippen LogP contribution in [0.1, 0.15) is 25.3 Å². The van der Waals surface area contributed by atoms with E-state index in [0.29, 0.717) is 5.56 Å². The van der Waals surface area contributed by atoms with Crippen LogP contribution in [0, 0.1) is 0 Å². The highest BCUT2D eigenvalue weighted by atomic mass is 16.4. The van der Waals surface area contributed by atoms with Gasteiger partial charge in [-0.1, -0.05) is 12.1 Å². The third kappa shape index (κ3) is 9.58. The topological polar surface area (TPSA) is 208 Å². The van der Waals surface area contributed by atoms with E-state index in [1.54, 1.807) is 12.1 Å². The molecule has 12 nitrogen and oxygen atoms in total. The smallest absolute Gasteiger partial charge is 0.322 e. The molecule has 3 atom stereocenters. The largest absolute Gasteiger partial charge is 0.508 e. The lowest BCUT2D eigenvalue weighted by Crippen LogP contribution is -2.55. The van der Waals surface area contributed by atoms with E-state index in [1.807, 2.05) is 0 Å². The van der Waals surface area contributed by atoms with E-state index in [0.717, 1.165) is 0 Å². The number of phenols is 1. The van der Waals surface area contributed by atoms with E-state index < -0.39 is 60.8 Å². The molecule has 0 spiro atoms. The number of carbonyl (C=O) groups excluding carboxylic acids is 3. The second-order valence-corrected chi connectivity index (χ2v) is 6.81. The first kappa shape index (κ1) is 25.4. The molecule has 0 radical (unpaired) electrons. The second-order valence-electron chi connectivity index (χ2n) is 6.81. The predicted molar refractivity (Wildman–Crippen MR) is 107 cm³/mol. The van der Waals surface area contributed by atoms with Gasteiger partial charge >= 0.3 is 11.9 Å². The highest BCUT2D eigenvalue weighted by molar-refractivity contribution is 5.93. The van der Waals surface area contributed by atoms with Crippen LogP contribution in [0.5, 0.6) is 5.75 Å². The molecule has 3 amide bonds. The van der Waals surface area contributed by atoms with Crippen LogP contribution in [-0.2, 0) is 30.4 Å². The molecule has 0 saturated carbocycles. The Labute approximate surface area is 177 Å². The lowest BCUT2D eigenvalue weighted by atomic mass is 10.1. The fourth-order valence-corrected chi connectivity index (χ4v) is 2.48. The van der Waals surface area contributed by atoms with Gasteiger partial charge < -0.3 is 37.0 Å². The van der Waals surface area contributed by atoms with E-state index in [2.05, 4.69) is 16.0 Å². The minimum absolute atomic E-state index is 0.0666. The first-order valence-corrected chi connectivity index (χ1v) is 9.35. The van der Waals surface area contributed by atoms with E-state index in [9.17, 15) is 29.1 Å². The van der Waals surface area contributed by atoms with Gasteiger partial charge in [0.15, 0.2) is 0 Å². The number of rotatable bonds is 12. The number of aromatic hydroxyl groups is 1. The number of phenolic OH excluding ortho intramolecular Hbond substituents is 1. The molecule has 1 aromatic carbocycles.